The molecule has 0 saturated heterocycles. The number of alkyl halides is 3. The van der Waals surface area contributed by atoms with E-state index in [1.54, 1.807) is 6.07 Å². The molecule has 1 heterocycles. The van der Waals surface area contributed by atoms with Crippen molar-refractivity contribution in [2.75, 3.05) is 0 Å². The number of halogens is 5. The van der Waals surface area contributed by atoms with Gasteiger partial charge in [-0.3, -0.25) is 9.78 Å². The molecule has 1 aromatic carbocycles. The number of nitrogens with one attached hydrogen (secondary N) is 1. The molecule has 1 aliphatic carbocycles. The summed E-state index contributed by atoms with van der Waals surface area (Å²) in [7, 11) is 0. The monoisotopic (exact) mass is 388 g/mol. The van der Waals surface area contributed by atoms with Crippen molar-refractivity contribution in [2.45, 2.75) is 31.0 Å². The van der Waals surface area contributed by atoms with Gasteiger partial charge in [0.25, 0.3) is 5.91 Å². The Morgan fingerprint density at radius 2 is 1.92 bits per heavy atom. The van der Waals surface area contributed by atoms with E-state index < -0.39 is 23.2 Å². The fourth-order valence-corrected chi connectivity index (χ4v) is 3.39. The van der Waals surface area contributed by atoms with Crippen LogP contribution in [0.2, 0.25) is 10.0 Å². The number of carbonyl (C=O) groups is 1. The molecule has 2 atom stereocenters. The van der Waals surface area contributed by atoms with Crippen LogP contribution in [0.4, 0.5) is 13.2 Å². The number of rotatable bonds is 3. The van der Waals surface area contributed by atoms with Crippen LogP contribution in [0.5, 0.6) is 0 Å². The Balaban J connectivity index is 1.78. The maximum absolute atomic E-state index is 13.1. The number of nitrogens with zero attached hydrogens (tertiary/aromatic N) is 1. The lowest BCUT2D eigenvalue weighted by Crippen LogP contribution is -2.46. The zero-order chi connectivity index (χ0) is 18.2. The maximum Gasteiger partial charge on any atom is 0.417 e. The first-order valence-electron chi connectivity index (χ1n) is 7.55. The van der Waals surface area contributed by atoms with E-state index in [9.17, 15) is 18.0 Å². The number of hydrogen-bond acceptors (Lipinski definition) is 2. The van der Waals surface area contributed by atoms with Gasteiger partial charge >= 0.3 is 6.18 Å². The third-order valence-corrected chi connectivity index (χ3v) is 4.76. The highest BCUT2D eigenvalue weighted by molar-refractivity contribution is 6.34. The van der Waals surface area contributed by atoms with E-state index in [0.29, 0.717) is 22.2 Å². The molecule has 0 spiro atoms. The second kappa shape index (κ2) is 6.84. The Hall–Kier alpha value is -1.79. The Bertz CT molecular complexity index is 811. The molecule has 2 aromatic rings. The van der Waals surface area contributed by atoms with Gasteiger partial charge in [-0.15, -0.1) is 0 Å². The molecule has 1 fully saturated rings. The summed E-state index contributed by atoms with van der Waals surface area (Å²) < 4.78 is 39.2. The van der Waals surface area contributed by atoms with Gasteiger partial charge in [-0.2, -0.15) is 13.2 Å². The van der Waals surface area contributed by atoms with Crippen LogP contribution >= 0.6 is 23.2 Å². The fourth-order valence-electron chi connectivity index (χ4n) is 2.87. The molecule has 1 aliphatic rings. The minimum Gasteiger partial charge on any atom is -0.349 e. The first kappa shape index (κ1) is 18.0. The van der Waals surface area contributed by atoms with Crippen molar-refractivity contribution in [3.8, 4) is 0 Å². The molecule has 2 unspecified atom stereocenters. The predicted octanol–water partition coefficient (Wildman–Crippen LogP) is 5.08. The minimum absolute atomic E-state index is 0.147. The Labute approximate surface area is 152 Å². The number of amides is 1. The highest BCUT2D eigenvalue weighted by Gasteiger charge is 2.38. The summed E-state index contributed by atoms with van der Waals surface area (Å²) in [4.78, 5) is 16.5. The van der Waals surface area contributed by atoms with Crippen molar-refractivity contribution < 1.29 is 18.0 Å². The summed E-state index contributed by atoms with van der Waals surface area (Å²) in [5.74, 6) is -0.903. The summed E-state index contributed by atoms with van der Waals surface area (Å²) in [6.07, 6.45) is -1.75. The number of hydrogen-bond donors (Lipinski definition) is 1. The van der Waals surface area contributed by atoms with E-state index >= 15 is 0 Å². The third kappa shape index (κ3) is 3.75. The van der Waals surface area contributed by atoms with Gasteiger partial charge in [0.15, 0.2) is 0 Å². The van der Waals surface area contributed by atoms with Gasteiger partial charge in [0.1, 0.15) is 0 Å². The second-order valence-corrected chi connectivity index (χ2v) is 6.67. The van der Waals surface area contributed by atoms with Crippen LogP contribution in [-0.2, 0) is 6.18 Å². The topological polar surface area (TPSA) is 42.0 Å². The molecule has 1 N–H and O–H groups in total. The van der Waals surface area contributed by atoms with Crippen molar-refractivity contribution >= 4 is 29.1 Å². The fraction of sp³-hybridized carbons (Fsp3) is 0.294. The minimum atomic E-state index is -4.59. The molecule has 0 aliphatic heterocycles. The van der Waals surface area contributed by atoms with Crippen LogP contribution < -0.4 is 5.32 Å². The molecular weight excluding hydrogens is 376 g/mol. The summed E-state index contributed by atoms with van der Waals surface area (Å²) in [6, 6.07) is 5.95. The smallest absolute Gasteiger partial charge is 0.349 e. The van der Waals surface area contributed by atoms with E-state index in [1.807, 2.05) is 0 Å². The van der Waals surface area contributed by atoms with Crippen LogP contribution in [-0.4, -0.2) is 16.9 Å². The second-order valence-electron chi connectivity index (χ2n) is 5.83. The van der Waals surface area contributed by atoms with E-state index in [0.717, 1.165) is 12.5 Å². The van der Waals surface area contributed by atoms with Crippen LogP contribution in [0.3, 0.4) is 0 Å². The molecule has 3 rings (SSSR count). The van der Waals surface area contributed by atoms with E-state index in [2.05, 4.69) is 10.3 Å². The number of carbonyl (C=O) groups excluding carboxylic acids is 1. The number of pyridine rings is 1. The van der Waals surface area contributed by atoms with Gasteiger partial charge in [0.05, 0.1) is 26.9 Å². The predicted molar refractivity (Wildman–Crippen MR) is 88.9 cm³/mol. The average Bonchev–Trinajstić information content (AvgIpc) is 2.53. The van der Waals surface area contributed by atoms with Gasteiger partial charge in [-0.25, -0.2) is 0 Å². The zero-order valence-electron chi connectivity index (χ0n) is 12.8. The summed E-state index contributed by atoms with van der Waals surface area (Å²) in [5.41, 5.74) is -0.756. The van der Waals surface area contributed by atoms with E-state index in [1.165, 1.54) is 24.4 Å². The summed E-state index contributed by atoms with van der Waals surface area (Å²) >= 11 is 12.0. The van der Waals surface area contributed by atoms with Crippen molar-refractivity contribution in [1.82, 2.24) is 10.3 Å². The summed E-state index contributed by atoms with van der Waals surface area (Å²) in [6.45, 7) is 0. The molecule has 8 heteroatoms. The first-order valence-corrected chi connectivity index (χ1v) is 8.31. The van der Waals surface area contributed by atoms with Crippen molar-refractivity contribution in [2.24, 2.45) is 0 Å². The molecule has 132 valence electrons. The van der Waals surface area contributed by atoms with E-state index in [-0.39, 0.29) is 12.0 Å². The molecular formula is C17H13Cl2F3N2O. The zero-order valence-corrected chi connectivity index (χ0v) is 14.3. The Kier molecular flexibility index (Phi) is 4.93. The van der Waals surface area contributed by atoms with Gasteiger partial charge in [-0.05, 0) is 31.0 Å². The standard InChI is InChI=1S/C17H13Cl2F3N2O/c18-9-7-13(19)15(23-8-9)11-5-6-14(11)24-16(25)10-3-1-2-4-12(10)17(20,21)22/h1-4,7-8,11,14H,5-6H2,(H,24,25). The Morgan fingerprint density at radius 1 is 1.20 bits per heavy atom. The van der Waals surface area contributed by atoms with Crippen molar-refractivity contribution in [3.05, 3.63) is 63.4 Å². The normalized spacial score (nSPS) is 20.0. The molecule has 1 saturated carbocycles. The quantitative estimate of drug-likeness (QED) is 0.795. The lowest BCUT2D eigenvalue weighted by molar-refractivity contribution is -0.137. The lowest BCUT2D eigenvalue weighted by Gasteiger charge is -2.37. The van der Waals surface area contributed by atoms with E-state index in [4.69, 9.17) is 23.2 Å². The SMILES string of the molecule is O=C(NC1CCC1c1ncc(Cl)cc1Cl)c1ccccc1C(F)(F)F. The molecule has 0 radical (unpaired) electrons. The highest BCUT2D eigenvalue weighted by Crippen LogP contribution is 2.40. The van der Waals surface area contributed by atoms with Crippen molar-refractivity contribution in [1.29, 1.82) is 0 Å². The third-order valence-electron chi connectivity index (χ3n) is 4.26. The van der Waals surface area contributed by atoms with Crippen LogP contribution in [0.15, 0.2) is 36.5 Å². The van der Waals surface area contributed by atoms with Crippen molar-refractivity contribution in [3.63, 3.8) is 0 Å². The van der Waals surface area contributed by atoms with Gasteiger partial charge < -0.3 is 5.32 Å². The number of benzene rings is 1. The van der Waals surface area contributed by atoms with Gasteiger partial charge in [-0.1, -0.05) is 35.3 Å². The van der Waals surface area contributed by atoms with Crippen LogP contribution in [0, 0.1) is 0 Å². The molecule has 3 nitrogen and oxygen atoms in total. The molecule has 1 aromatic heterocycles. The first-order chi connectivity index (χ1) is 11.8. The average molecular weight is 389 g/mol. The maximum atomic E-state index is 13.1. The van der Waals surface area contributed by atoms with Crippen LogP contribution in [0.25, 0.3) is 0 Å². The summed E-state index contributed by atoms with van der Waals surface area (Å²) in [5, 5.41) is 3.44. The molecule has 0 bridgehead atoms. The highest BCUT2D eigenvalue weighted by atomic mass is 35.5. The van der Waals surface area contributed by atoms with Crippen LogP contribution in [0.1, 0.15) is 40.4 Å². The van der Waals surface area contributed by atoms with Gasteiger partial charge in [0, 0.05) is 18.2 Å². The Morgan fingerprint density at radius 3 is 2.52 bits per heavy atom. The largest absolute Gasteiger partial charge is 0.417 e. The molecule has 25 heavy (non-hydrogen) atoms. The molecule has 1 amide bonds. The van der Waals surface area contributed by atoms with Gasteiger partial charge in [0.2, 0.25) is 0 Å². The lowest BCUT2D eigenvalue weighted by atomic mass is 9.77. The number of aromatic nitrogens is 1.